The van der Waals surface area contributed by atoms with Crippen LogP contribution in [0.25, 0.3) is 11.4 Å². The lowest BCUT2D eigenvalue weighted by molar-refractivity contribution is 0.0430. The van der Waals surface area contributed by atoms with Crippen LogP contribution in [0.5, 0.6) is 0 Å². The second-order valence-corrected chi connectivity index (χ2v) is 5.92. The van der Waals surface area contributed by atoms with Crippen LogP contribution in [0.1, 0.15) is 16.2 Å². The highest BCUT2D eigenvalue weighted by Gasteiger charge is 2.16. The SMILES string of the molecule is O=C(OCc1nc(-c2ccc(Cl)cc2)no1)c1cccc(Cl)c1Cl. The fourth-order valence-corrected chi connectivity index (χ4v) is 2.40. The van der Waals surface area contributed by atoms with Gasteiger partial charge in [-0.05, 0) is 36.4 Å². The molecule has 0 aliphatic carbocycles. The van der Waals surface area contributed by atoms with Gasteiger partial charge in [-0.3, -0.25) is 0 Å². The van der Waals surface area contributed by atoms with Gasteiger partial charge in [0.05, 0.1) is 15.6 Å². The van der Waals surface area contributed by atoms with Crippen molar-refractivity contribution >= 4 is 40.8 Å². The predicted molar refractivity (Wildman–Crippen MR) is 90.3 cm³/mol. The molecule has 0 atom stereocenters. The van der Waals surface area contributed by atoms with Crippen LogP contribution in [-0.4, -0.2) is 16.1 Å². The van der Waals surface area contributed by atoms with Gasteiger partial charge in [0.15, 0.2) is 6.61 Å². The summed E-state index contributed by atoms with van der Waals surface area (Å²) in [7, 11) is 0. The fraction of sp³-hybridized carbons (Fsp3) is 0.0625. The van der Waals surface area contributed by atoms with Crippen molar-refractivity contribution in [3.05, 3.63) is 69.0 Å². The van der Waals surface area contributed by atoms with Crippen LogP contribution < -0.4 is 0 Å². The molecule has 5 nitrogen and oxygen atoms in total. The van der Waals surface area contributed by atoms with E-state index in [0.717, 1.165) is 5.56 Å². The molecule has 0 N–H and O–H groups in total. The zero-order chi connectivity index (χ0) is 17.1. The number of halogens is 3. The third-order valence-corrected chi connectivity index (χ3v) is 4.14. The van der Waals surface area contributed by atoms with Crippen molar-refractivity contribution in [1.29, 1.82) is 0 Å². The van der Waals surface area contributed by atoms with Gasteiger partial charge in [0.1, 0.15) is 0 Å². The van der Waals surface area contributed by atoms with Gasteiger partial charge in [-0.1, -0.05) is 46.0 Å². The van der Waals surface area contributed by atoms with Crippen LogP contribution in [-0.2, 0) is 11.3 Å². The molecule has 3 rings (SSSR count). The van der Waals surface area contributed by atoms with Crippen molar-refractivity contribution in [3.8, 4) is 11.4 Å². The fourth-order valence-electron chi connectivity index (χ4n) is 1.90. The summed E-state index contributed by atoms with van der Waals surface area (Å²) in [6, 6.07) is 11.7. The average molecular weight is 384 g/mol. The average Bonchev–Trinajstić information content (AvgIpc) is 3.05. The Hall–Kier alpha value is -2.08. The lowest BCUT2D eigenvalue weighted by Crippen LogP contribution is -2.06. The molecule has 0 fully saturated rings. The van der Waals surface area contributed by atoms with E-state index in [1.54, 1.807) is 36.4 Å². The van der Waals surface area contributed by atoms with Crippen molar-refractivity contribution < 1.29 is 14.1 Å². The van der Waals surface area contributed by atoms with Gasteiger partial charge in [0.25, 0.3) is 5.89 Å². The first kappa shape index (κ1) is 16.8. The number of nitrogens with zero attached hydrogens (tertiary/aromatic N) is 2. The molecule has 1 aromatic heterocycles. The Morgan fingerprint density at radius 1 is 1.08 bits per heavy atom. The zero-order valence-corrected chi connectivity index (χ0v) is 14.3. The molecular weight excluding hydrogens is 375 g/mol. The summed E-state index contributed by atoms with van der Waals surface area (Å²) in [4.78, 5) is 16.2. The van der Waals surface area contributed by atoms with Crippen LogP contribution in [0, 0.1) is 0 Å². The molecular formula is C16H9Cl3N2O3. The van der Waals surface area contributed by atoms with Gasteiger partial charge in [-0.2, -0.15) is 4.98 Å². The molecule has 0 radical (unpaired) electrons. The van der Waals surface area contributed by atoms with Crippen LogP contribution in [0.15, 0.2) is 47.0 Å². The van der Waals surface area contributed by atoms with Gasteiger partial charge in [-0.25, -0.2) is 4.79 Å². The number of hydrogen-bond donors (Lipinski definition) is 0. The topological polar surface area (TPSA) is 65.2 Å². The number of rotatable bonds is 4. The van der Waals surface area contributed by atoms with E-state index in [9.17, 15) is 4.79 Å². The number of ether oxygens (including phenoxy) is 1. The van der Waals surface area contributed by atoms with E-state index in [0.29, 0.717) is 10.8 Å². The Bertz CT molecular complexity index is 879. The summed E-state index contributed by atoms with van der Waals surface area (Å²) in [5.41, 5.74) is 0.903. The summed E-state index contributed by atoms with van der Waals surface area (Å²) in [5, 5.41) is 4.84. The van der Waals surface area contributed by atoms with E-state index in [1.165, 1.54) is 6.07 Å². The largest absolute Gasteiger partial charge is 0.452 e. The van der Waals surface area contributed by atoms with E-state index in [1.807, 2.05) is 0 Å². The van der Waals surface area contributed by atoms with E-state index in [-0.39, 0.29) is 28.1 Å². The third kappa shape index (κ3) is 3.70. The van der Waals surface area contributed by atoms with Gasteiger partial charge in [0.2, 0.25) is 5.82 Å². The molecule has 3 aromatic rings. The monoisotopic (exact) mass is 382 g/mol. The quantitative estimate of drug-likeness (QED) is 0.590. The summed E-state index contributed by atoms with van der Waals surface area (Å²) < 4.78 is 10.2. The molecule has 0 saturated carbocycles. The Balaban J connectivity index is 1.68. The van der Waals surface area contributed by atoms with Crippen LogP contribution >= 0.6 is 34.8 Å². The summed E-state index contributed by atoms with van der Waals surface area (Å²) in [6.45, 7) is -0.178. The predicted octanol–water partition coefficient (Wildman–Crippen LogP) is 5.05. The maximum Gasteiger partial charge on any atom is 0.340 e. The molecule has 2 aromatic carbocycles. The summed E-state index contributed by atoms with van der Waals surface area (Å²) in [5.74, 6) is -0.0984. The van der Waals surface area contributed by atoms with E-state index >= 15 is 0 Å². The molecule has 0 bridgehead atoms. The van der Waals surface area contributed by atoms with Crippen molar-refractivity contribution in [2.45, 2.75) is 6.61 Å². The molecule has 24 heavy (non-hydrogen) atoms. The molecule has 0 saturated heterocycles. The van der Waals surface area contributed by atoms with Crippen LogP contribution in [0.4, 0.5) is 0 Å². The van der Waals surface area contributed by atoms with E-state index in [2.05, 4.69) is 10.1 Å². The van der Waals surface area contributed by atoms with E-state index in [4.69, 9.17) is 44.1 Å². The highest BCUT2D eigenvalue weighted by molar-refractivity contribution is 6.43. The standard InChI is InChI=1S/C16H9Cl3N2O3/c17-10-6-4-9(5-7-10)15-20-13(24-21-15)8-23-16(22)11-2-1-3-12(18)14(11)19/h1-7H,8H2. The number of benzene rings is 2. The molecule has 0 unspecified atom stereocenters. The second-order valence-electron chi connectivity index (χ2n) is 4.70. The number of esters is 1. The Morgan fingerprint density at radius 3 is 2.58 bits per heavy atom. The highest BCUT2D eigenvalue weighted by atomic mass is 35.5. The van der Waals surface area contributed by atoms with Gasteiger partial charge in [0, 0.05) is 10.6 Å². The number of hydrogen-bond acceptors (Lipinski definition) is 5. The number of carbonyl (C=O) groups is 1. The Kier molecular flexibility index (Phi) is 5.04. The highest BCUT2D eigenvalue weighted by Crippen LogP contribution is 2.26. The third-order valence-electron chi connectivity index (χ3n) is 3.07. The second kappa shape index (κ2) is 7.21. The zero-order valence-electron chi connectivity index (χ0n) is 12.0. The normalized spacial score (nSPS) is 10.6. The molecule has 0 aliphatic heterocycles. The van der Waals surface area contributed by atoms with Crippen molar-refractivity contribution in [3.63, 3.8) is 0 Å². The molecule has 8 heteroatoms. The van der Waals surface area contributed by atoms with Crippen molar-refractivity contribution in [2.75, 3.05) is 0 Å². The Morgan fingerprint density at radius 2 is 1.83 bits per heavy atom. The number of carbonyl (C=O) groups excluding carboxylic acids is 1. The Labute approximate surface area is 152 Å². The first-order valence-corrected chi connectivity index (χ1v) is 7.87. The van der Waals surface area contributed by atoms with Crippen molar-refractivity contribution in [2.24, 2.45) is 0 Å². The minimum atomic E-state index is -0.631. The van der Waals surface area contributed by atoms with E-state index < -0.39 is 5.97 Å². The molecule has 0 aliphatic rings. The maximum absolute atomic E-state index is 12.0. The number of aromatic nitrogens is 2. The van der Waals surface area contributed by atoms with Gasteiger partial charge >= 0.3 is 5.97 Å². The minimum absolute atomic E-state index is 0.136. The van der Waals surface area contributed by atoms with Crippen molar-refractivity contribution in [1.82, 2.24) is 10.1 Å². The smallest absolute Gasteiger partial charge is 0.340 e. The molecule has 0 spiro atoms. The molecule has 1 heterocycles. The molecule has 122 valence electrons. The maximum atomic E-state index is 12.0. The summed E-state index contributed by atoms with van der Waals surface area (Å²) in [6.07, 6.45) is 0. The first-order chi connectivity index (χ1) is 11.5. The van der Waals surface area contributed by atoms with Gasteiger partial charge in [-0.15, -0.1) is 0 Å². The lowest BCUT2D eigenvalue weighted by Gasteiger charge is -2.04. The lowest BCUT2D eigenvalue weighted by atomic mass is 10.2. The summed E-state index contributed by atoms with van der Waals surface area (Å²) >= 11 is 17.7. The minimum Gasteiger partial charge on any atom is -0.452 e. The van der Waals surface area contributed by atoms with Crippen LogP contribution in [0.2, 0.25) is 15.1 Å². The molecule has 0 amide bonds. The van der Waals surface area contributed by atoms with Crippen LogP contribution in [0.3, 0.4) is 0 Å². The van der Waals surface area contributed by atoms with Gasteiger partial charge < -0.3 is 9.26 Å². The first-order valence-electron chi connectivity index (χ1n) is 6.74.